The van der Waals surface area contributed by atoms with Crippen molar-refractivity contribution in [3.8, 4) is 11.5 Å². The van der Waals surface area contributed by atoms with Crippen LogP contribution in [0.2, 0.25) is 5.02 Å². The van der Waals surface area contributed by atoms with Gasteiger partial charge in [0.15, 0.2) is 17.3 Å². The number of benzene rings is 1. The number of fused-ring (bicyclic) bond motifs is 1. The number of halogens is 1. The van der Waals surface area contributed by atoms with Gasteiger partial charge in [0, 0.05) is 12.6 Å². The number of nitrogens with zero attached hydrogens (tertiary/aromatic N) is 5. The summed E-state index contributed by atoms with van der Waals surface area (Å²) < 4.78 is 7.15. The molecule has 4 rings (SSSR count). The van der Waals surface area contributed by atoms with E-state index in [1.807, 2.05) is 18.3 Å². The molecule has 0 atom stereocenters. The number of carbonyl (C=O) groups excluding carboxylic acids is 1. The van der Waals surface area contributed by atoms with E-state index in [2.05, 4.69) is 32.6 Å². The van der Waals surface area contributed by atoms with Crippen molar-refractivity contribution in [2.45, 2.75) is 26.3 Å². The highest BCUT2D eigenvalue weighted by Gasteiger charge is 2.17. The number of carbonyl (C=O) groups is 1. The summed E-state index contributed by atoms with van der Waals surface area (Å²) in [6, 6.07) is 10.6. The average Bonchev–Trinajstić information content (AvgIpc) is 3.34. The monoisotopic (exact) mass is 396 g/mol. The number of hydrogen-bond acceptors (Lipinski definition) is 6. The van der Waals surface area contributed by atoms with Gasteiger partial charge < -0.3 is 9.84 Å². The molecule has 8 nitrogen and oxygen atoms in total. The van der Waals surface area contributed by atoms with Crippen LogP contribution in [0, 0.1) is 0 Å². The van der Waals surface area contributed by atoms with Crippen molar-refractivity contribution in [2.24, 2.45) is 0 Å². The first-order valence-corrected chi connectivity index (χ1v) is 9.23. The van der Waals surface area contributed by atoms with Crippen molar-refractivity contribution in [2.75, 3.05) is 0 Å². The summed E-state index contributed by atoms with van der Waals surface area (Å²) in [6.07, 6.45) is 3.50. The fraction of sp³-hybridized carbons (Fsp3) is 0.211. The van der Waals surface area contributed by atoms with Gasteiger partial charge in [-0.15, -0.1) is 10.2 Å². The van der Waals surface area contributed by atoms with Gasteiger partial charge in [0.05, 0.1) is 22.7 Å². The van der Waals surface area contributed by atoms with Gasteiger partial charge in [-0.25, -0.2) is 0 Å². The van der Waals surface area contributed by atoms with E-state index in [-0.39, 0.29) is 12.5 Å². The van der Waals surface area contributed by atoms with Crippen LogP contribution >= 0.6 is 11.6 Å². The van der Waals surface area contributed by atoms with E-state index in [1.165, 1.54) is 0 Å². The van der Waals surface area contributed by atoms with E-state index in [1.54, 1.807) is 28.7 Å². The number of aryl methyl sites for hydroxylation is 1. The molecule has 4 aromatic rings. The highest BCUT2D eigenvalue weighted by atomic mass is 35.5. The molecule has 0 saturated heterocycles. The Labute approximate surface area is 165 Å². The molecule has 0 bridgehead atoms. The Kier molecular flexibility index (Phi) is 5.03. The molecule has 0 fully saturated rings. The van der Waals surface area contributed by atoms with E-state index in [9.17, 15) is 4.79 Å². The maximum absolute atomic E-state index is 12.4. The molecule has 3 heterocycles. The van der Waals surface area contributed by atoms with Crippen molar-refractivity contribution < 1.29 is 9.32 Å². The fourth-order valence-electron chi connectivity index (χ4n) is 2.84. The smallest absolute Gasteiger partial charge is 0.261 e. The fourth-order valence-corrected chi connectivity index (χ4v) is 3.06. The first kappa shape index (κ1) is 18.1. The lowest BCUT2D eigenvalue weighted by Gasteiger charge is -2.06. The molecule has 1 amide bonds. The minimum atomic E-state index is -0.278. The molecule has 0 aliphatic rings. The van der Waals surface area contributed by atoms with Crippen LogP contribution in [0.4, 0.5) is 0 Å². The standard InChI is InChI=1S/C19H17ClN6O2/c1-2-6-15-22-19(28-25-15)13-8-5-10-26-16(23-24-17(13)26)11-21-18(27)12-7-3-4-9-14(12)20/h3-5,7-10H,2,6,11H2,1H3,(H,21,27). The minimum absolute atomic E-state index is 0.194. The predicted molar refractivity (Wildman–Crippen MR) is 103 cm³/mol. The summed E-state index contributed by atoms with van der Waals surface area (Å²) in [4.78, 5) is 16.8. The zero-order valence-corrected chi connectivity index (χ0v) is 15.8. The Hall–Kier alpha value is -3.26. The molecule has 28 heavy (non-hydrogen) atoms. The van der Waals surface area contributed by atoms with E-state index < -0.39 is 0 Å². The number of aromatic nitrogens is 5. The van der Waals surface area contributed by atoms with Crippen molar-refractivity contribution >= 4 is 23.2 Å². The summed E-state index contributed by atoms with van der Waals surface area (Å²) in [7, 11) is 0. The Morgan fingerprint density at radius 1 is 1.21 bits per heavy atom. The molecule has 0 radical (unpaired) electrons. The average molecular weight is 397 g/mol. The number of amides is 1. The Bertz CT molecular complexity index is 1140. The topological polar surface area (TPSA) is 98.2 Å². The quantitative estimate of drug-likeness (QED) is 0.536. The number of hydrogen-bond donors (Lipinski definition) is 1. The molecule has 0 aliphatic heterocycles. The van der Waals surface area contributed by atoms with Gasteiger partial charge in [-0.2, -0.15) is 4.98 Å². The summed E-state index contributed by atoms with van der Waals surface area (Å²) >= 11 is 6.07. The van der Waals surface area contributed by atoms with Gasteiger partial charge in [-0.3, -0.25) is 9.20 Å². The molecule has 0 spiro atoms. The molecular formula is C19H17ClN6O2. The number of nitrogens with one attached hydrogen (secondary N) is 1. The Morgan fingerprint density at radius 2 is 2.07 bits per heavy atom. The molecule has 1 aromatic carbocycles. The third kappa shape index (κ3) is 3.46. The number of pyridine rings is 1. The molecule has 1 N–H and O–H groups in total. The van der Waals surface area contributed by atoms with Crippen LogP contribution in [0.3, 0.4) is 0 Å². The van der Waals surface area contributed by atoms with Crippen LogP contribution in [0.5, 0.6) is 0 Å². The molecular weight excluding hydrogens is 380 g/mol. The van der Waals surface area contributed by atoms with Crippen molar-refractivity contribution in [1.82, 2.24) is 30.1 Å². The largest absolute Gasteiger partial charge is 0.345 e. The van der Waals surface area contributed by atoms with Crippen LogP contribution < -0.4 is 5.32 Å². The Morgan fingerprint density at radius 3 is 2.89 bits per heavy atom. The van der Waals surface area contributed by atoms with Crippen LogP contribution in [0.15, 0.2) is 47.1 Å². The molecule has 142 valence electrons. The van der Waals surface area contributed by atoms with E-state index in [0.29, 0.717) is 39.3 Å². The van der Waals surface area contributed by atoms with E-state index in [0.717, 1.165) is 12.8 Å². The van der Waals surface area contributed by atoms with Crippen molar-refractivity contribution in [1.29, 1.82) is 0 Å². The van der Waals surface area contributed by atoms with Crippen LogP contribution in [0.25, 0.3) is 17.1 Å². The summed E-state index contributed by atoms with van der Waals surface area (Å²) in [5.74, 6) is 1.35. The van der Waals surface area contributed by atoms with Gasteiger partial charge in [-0.05, 0) is 30.7 Å². The third-order valence-corrected chi connectivity index (χ3v) is 4.53. The van der Waals surface area contributed by atoms with Gasteiger partial charge in [0.2, 0.25) is 0 Å². The van der Waals surface area contributed by atoms with Gasteiger partial charge >= 0.3 is 0 Å². The van der Waals surface area contributed by atoms with Crippen molar-refractivity contribution in [3.63, 3.8) is 0 Å². The molecule has 0 saturated carbocycles. The normalized spacial score (nSPS) is 11.1. The van der Waals surface area contributed by atoms with Crippen LogP contribution in [0.1, 0.15) is 35.4 Å². The molecule has 3 aromatic heterocycles. The lowest BCUT2D eigenvalue weighted by Crippen LogP contribution is -2.24. The van der Waals surface area contributed by atoms with Crippen LogP contribution in [-0.2, 0) is 13.0 Å². The minimum Gasteiger partial charge on any atom is -0.345 e. The second kappa shape index (κ2) is 7.77. The molecule has 0 aliphatic carbocycles. The highest BCUT2D eigenvalue weighted by molar-refractivity contribution is 6.33. The van der Waals surface area contributed by atoms with Gasteiger partial charge in [0.25, 0.3) is 11.8 Å². The number of rotatable bonds is 6. The van der Waals surface area contributed by atoms with Crippen molar-refractivity contribution in [3.05, 3.63) is 64.8 Å². The SMILES string of the molecule is CCCc1noc(-c2cccn3c(CNC(=O)c4ccccc4Cl)nnc23)n1. The van der Waals surface area contributed by atoms with Gasteiger partial charge in [-0.1, -0.05) is 35.8 Å². The highest BCUT2D eigenvalue weighted by Crippen LogP contribution is 2.22. The van der Waals surface area contributed by atoms with E-state index in [4.69, 9.17) is 16.1 Å². The molecule has 9 heteroatoms. The first-order chi connectivity index (χ1) is 13.7. The molecule has 0 unspecified atom stereocenters. The summed E-state index contributed by atoms with van der Waals surface area (Å²) in [5, 5.41) is 15.6. The second-order valence-electron chi connectivity index (χ2n) is 6.16. The third-order valence-electron chi connectivity index (χ3n) is 4.20. The zero-order valence-electron chi connectivity index (χ0n) is 15.1. The lowest BCUT2D eigenvalue weighted by molar-refractivity contribution is 0.0950. The van der Waals surface area contributed by atoms with E-state index >= 15 is 0 Å². The maximum atomic E-state index is 12.4. The summed E-state index contributed by atoms with van der Waals surface area (Å²) in [5.41, 5.74) is 1.68. The van der Waals surface area contributed by atoms with Crippen LogP contribution in [-0.4, -0.2) is 30.6 Å². The van der Waals surface area contributed by atoms with Gasteiger partial charge in [0.1, 0.15) is 0 Å². The lowest BCUT2D eigenvalue weighted by atomic mass is 10.2. The maximum Gasteiger partial charge on any atom is 0.261 e. The zero-order chi connectivity index (χ0) is 19.5. The second-order valence-corrected chi connectivity index (χ2v) is 6.57. The first-order valence-electron chi connectivity index (χ1n) is 8.85. The summed E-state index contributed by atoms with van der Waals surface area (Å²) in [6.45, 7) is 2.25. The predicted octanol–water partition coefficient (Wildman–Crippen LogP) is 3.32. The Balaban J connectivity index is 1.58.